The number of hydrogen-bond donors (Lipinski definition) is 0. The minimum atomic E-state index is 0.778. The predicted molar refractivity (Wildman–Crippen MR) is 87.9 cm³/mol. The number of ether oxygens (including phenoxy) is 1. The summed E-state index contributed by atoms with van der Waals surface area (Å²) in [6, 6.07) is 19.1. The van der Waals surface area contributed by atoms with Gasteiger partial charge in [0.1, 0.15) is 5.75 Å². The fourth-order valence-corrected chi connectivity index (χ4v) is 2.58. The number of rotatable bonds is 6. The fraction of sp³-hybridized carbons (Fsp3) is 0.263. The van der Waals surface area contributed by atoms with E-state index in [2.05, 4.69) is 72.3 Å². The van der Waals surface area contributed by atoms with E-state index in [9.17, 15) is 0 Å². The average molecular weight is 279 g/mol. The van der Waals surface area contributed by atoms with Gasteiger partial charge in [-0.05, 0) is 42.7 Å². The molecule has 0 atom stereocenters. The highest BCUT2D eigenvalue weighted by Gasteiger charge is 2.03. The summed E-state index contributed by atoms with van der Waals surface area (Å²) in [6.07, 6.45) is 4.26. The molecule has 1 aromatic heterocycles. The van der Waals surface area contributed by atoms with E-state index in [1.165, 1.54) is 16.5 Å². The van der Waals surface area contributed by atoms with Crippen molar-refractivity contribution in [3.05, 3.63) is 66.4 Å². The van der Waals surface area contributed by atoms with Crippen LogP contribution < -0.4 is 4.74 Å². The third kappa shape index (κ3) is 3.27. The van der Waals surface area contributed by atoms with Crippen LogP contribution in [0, 0.1) is 0 Å². The van der Waals surface area contributed by atoms with Crippen LogP contribution in [0.3, 0.4) is 0 Å². The maximum absolute atomic E-state index is 5.69. The van der Waals surface area contributed by atoms with Gasteiger partial charge in [-0.2, -0.15) is 0 Å². The Morgan fingerprint density at radius 3 is 2.67 bits per heavy atom. The van der Waals surface area contributed by atoms with Gasteiger partial charge >= 0.3 is 0 Å². The first kappa shape index (κ1) is 13.7. The van der Waals surface area contributed by atoms with E-state index in [0.29, 0.717) is 0 Å². The lowest BCUT2D eigenvalue weighted by atomic mass is 10.1. The first-order valence-electron chi connectivity index (χ1n) is 7.62. The minimum Gasteiger partial charge on any atom is -0.494 e. The molecule has 0 unspecified atom stereocenters. The highest BCUT2D eigenvalue weighted by molar-refractivity contribution is 5.81. The van der Waals surface area contributed by atoms with Gasteiger partial charge in [0.2, 0.25) is 0 Å². The molecule has 0 radical (unpaired) electrons. The highest BCUT2D eigenvalue weighted by Crippen LogP contribution is 2.22. The fourth-order valence-electron chi connectivity index (χ4n) is 2.58. The molecule has 3 aromatic rings. The summed E-state index contributed by atoms with van der Waals surface area (Å²) in [6.45, 7) is 3.90. The molecule has 0 aliphatic carbocycles. The van der Waals surface area contributed by atoms with Gasteiger partial charge in [0.05, 0.1) is 6.61 Å². The van der Waals surface area contributed by atoms with Crippen LogP contribution in [0.4, 0.5) is 0 Å². The Morgan fingerprint density at radius 2 is 1.86 bits per heavy atom. The lowest BCUT2D eigenvalue weighted by Crippen LogP contribution is -1.99. The predicted octanol–water partition coefficient (Wildman–Crippen LogP) is 4.67. The monoisotopic (exact) mass is 279 g/mol. The standard InChI is InChI=1S/C19H21NO/c1-2-14-21-18-8-9-19-17(15-18)11-13-20(19)12-10-16-6-4-3-5-7-16/h3-9,11,13,15H,2,10,12,14H2,1H3. The van der Waals surface area contributed by atoms with Crippen LogP contribution in [-0.2, 0) is 13.0 Å². The van der Waals surface area contributed by atoms with E-state index < -0.39 is 0 Å². The first-order valence-corrected chi connectivity index (χ1v) is 7.62. The topological polar surface area (TPSA) is 14.2 Å². The molecule has 0 amide bonds. The number of fused-ring (bicyclic) bond motifs is 1. The second-order valence-corrected chi connectivity index (χ2v) is 5.31. The van der Waals surface area contributed by atoms with Crippen LogP contribution >= 0.6 is 0 Å². The number of benzene rings is 2. The number of aromatic nitrogens is 1. The van der Waals surface area contributed by atoms with Crippen LogP contribution in [0.15, 0.2) is 60.8 Å². The SMILES string of the molecule is CCCOc1ccc2c(ccn2CCc2ccccc2)c1. The van der Waals surface area contributed by atoms with Gasteiger partial charge in [0.25, 0.3) is 0 Å². The molecular weight excluding hydrogens is 258 g/mol. The number of hydrogen-bond acceptors (Lipinski definition) is 1. The summed E-state index contributed by atoms with van der Waals surface area (Å²) in [7, 11) is 0. The van der Waals surface area contributed by atoms with Crippen molar-refractivity contribution in [3.8, 4) is 5.75 Å². The molecule has 0 aliphatic heterocycles. The smallest absolute Gasteiger partial charge is 0.120 e. The molecule has 2 heteroatoms. The van der Waals surface area contributed by atoms with Gasteiger partial charge in [-0.3, -0.25) is 0 Å². The number of aryl methyl sites for hydroxylation is 2. The molecule has 0 saturated heterocycles. The first-order chi connectivity index (χ1) is 10.4. The van der Waals surface area contributed by atoms with Crippen molar-refractivity contribution in [2.75, 3.05) is 6.61 Å². The van der Waals surface area contributed by atoms with Crippen molar-refractivity contribution >= 4 is 10.9 Å². The minimum absolute atomic E-state index is 0.778. The average Bonchev–Trinajstić information content (AvgIpc) is 2.94. The molecule has 2 nitrogen and oxygen atoms in total. The maximum atomic E-state index is 5.69. The summed E-state index contributed by atoms with van der Waals surface area (Å²) >= 11 is 0. The van der Waals surface area contributed by atoms with Crippen LogP contribution in [-0.4, -0.2) is 11.2 Å². The summed E-state index contributed by atoms with van der Waals surface area (Å²) < 4.78 is 8.00. The molecule has 0 saturated carbocycles. The Morgan fingerprint density at radius 1 is 1.00 bits per heavy atom. The quantitative estimate of drug-likeness (QED) is 0.639. The maximum Gasteiger partial charge on any atom is 0.120 e. The molecule has 1 heterocycles. The largest absolute Gasteiger partial charge is 0.494 e. The molecule has 0 spiro atoms. The molecular formula is C19H21NO. The number of nitrogens with zero attached hydrogens (tertiary/aromatic N) is 1. The molecule has 3 rings (SSSR count). The zero-order valence-corrected chi connectivity index (χ0v) is 12.5. The summed E-state index contributed by atoms with van der Waals surface area (Å²) in [5.74, 6) is 0.963. The van der Waals surface area contributed by atoms with Crippen molar-refractivity contribution in [3.63, 3.8) is 0 Å². The van der Waals surface area contributed by atoms with E-state index in [-0.39, 0.29) is 0 Å². The van der Waals surface area contributed by atoms with E-state index in [4.69, 9.17) is 4.74 Å². The Labute approximate surface area is 126 Å². The molecule has 21 heavy (non-hydrogen) atoms. The van der Waals surface area contributed by atoms with Crippen LogP contribution in [0.1, 0.15) is 18.9 Å². The van der Waals surface area contributed by atoms with Crippen LogP contribution in [0.5, 0.6) is 5.75 Å². The van der Waals surface area contributed by atoms with Gasteiger partial charge < -0.3 is 9.30 Å². The van der Waals surface area contributed by atoms with Gasteiger partial charge in [0.15, 0.2) is 0 Å². The van der Waals surface area contributed by atoms with Gasteiger partial charge in [-0.1, -0.05) is 37.3 Å². The van der Waals surface area contributed by atoms with Crippen molar-refractivity contribution in [2.45, 2.75) is 26.3 Å². The second kappa shape index (κ2) is 6.49. The molecule has 0 bridgehead atoms. The molecule has 0 aliphatic rings. The van der Waals surface area contributed by atoms with Crippen molar-refractivity contribution in [1.82, 2.24) is 4.57 Å². The Hall–Kier alpha value is -2.22. The lowest BCUT2D eigenvalue weighted by Gasteiger charge is -2.07. The highest BCUT2D eigenvalue weighted by atomic mass is 16.5. The molecule has 0 N–H and O–H groups in total. The van der Waals surface area contributed by atoms with Gasteiger partial charge in [0, 0.05) is 23.6 Å². The van der Waals surface area contributed by atoms with Crippen molar-refractivity contribution in [2.24, 2.45) is 0 Å². The van der Waals surface area contributed by atoms with Gasteiger partial charge in [-0.15, -0.1) is 0 Å². The Bertz CT molecular complexity index is 700. The van der Waals surface area contributed by atoms with Crippen LogP contribution in [0.2, 0.25) is 0 Å². The molecule has 108 valence electrons. The summed E-state index contributed by atoms with van der Waals surface area (Å²) in [5.41, 5.74) is 2.65. The lowest BCUT2D eigenvalue weighted by molar-refractivity contribution is 0.318. The molecule has 0 fully saturated rings. The van der Waals surface area contributed by atoms with Crippen LogP contribution in [0.25, 0.3) is 10.9 Å². The third-order valence-corrected chi connectivity index (χ3v) is 3.70. The zero-order valence-electron chi connectivity index (χ0n) is 12.5. The normalized spacial score (nSPS) is 10.9. The van der Waals surface area contributed by atoms with E-state index >= 15 is 0 Å². The summed E-state index contributed by atoms with van der Waals surface area (Å²) in [4.78, 5) is 0. The summed E-state index contributed by atoms with van der Waals surface area (Å²) in [5, 5.41) is 1.25. The van der Waals surface area contributed by atoms with Crippen molar-refractivity contribution < 1.29 is 4.74 Å². The van der Waals surface area contributed by atoms with Crippen molar-refractivity contribution in [1.29, 1.82) is 0 Å². The Balaban J connectivity index is 1.74. The van der Waals surface area contributed by atoms with E-state index in [1.54, 1.807) is 0 Å². The molecule has 2 aromatic carbocycles. The van der Waals surface area contributed by atoms with E-state index in [1.807, 2.05) is 0 Å². The van der Waals surface area contributed by atoms with Gasteiger partial charge in [-0.25, -0.2) is 0 Å². The second-order valence-electron chi connectivity index (χ2n) is 5.31. The zero-order chi connectivity index (χ0) is 14.5. The Kier molecular flexibility index (Phi) is 4.25. The van der Waals surface area contributed by atoms with E-state index in [0.717, 1.165) is 31.7 Å². The third-order valence-electron chi connectivity index (χ3n) is 3.70.